The lowest BCUT2D eigenvalue weighted by molar-refractivity contribution is 0.103. The molecule has 7 nitrogen and oxygen atoms in total. The molecule has 0 aliphatic heterocycles. The van der Waals surface area contributed by atoms with Crippen molar-refractivity contribution in [3.8, 4) is 23.1 Å². The Morgan fingerprint density at radius 2 is 1.59 bits per heavy atom. The highest BCUT2D eigenvalue weighted by atomic mass is 32.2. The molecule has 0 saturated heterocycles. The zero-order chi connectivity index (χ0) is 24.5. The number of hydrogen-bond acceptors (Lipinski definition) is 6. The summed E-state index contributed by atoms with van der Waals surface area (Å²) >= 11 is 0. The van der Waals surface area contributed by atoms with E-state index in [9.17, 15) is 18.5 Å². The molecule has 170 valence electrons. The molecule has 0 aliphatic carbocycles. The van der Waals surface area contributed by atoms with Gasteiger partial charge < -0.3 is 10.5 Å². The molecule has 0 atom stereocenters. The fraction of sp³-hybridized carbons (Fsp3) is 0.0769. The molecule has 0 fully saturated rings. The Balaban J connectivity index is 2.09. The number of nitrogen functional groups attached to an aromatic ring is 1. The van der Waals surface area contributed by atoms with Gasteiger partial charge in [-0.3, -0.25) is 4.79 Å². The van der Waals surface area contributed by atoms with Crippen molar-refractivity contribution in [2.24, 2.45) is 0 Å². The van der Waals surface area contributed by atoms with E-state index in [1.807, 2.05) is 13.0 Å². The Morgan fingerprint density at radius 3 is 2.15 bits per heavy atom. The molecule has 0 aliphatic rings. The van der Waals surface area contributed by atoms with Crippen LogP contribution in [0.5, 0.6) is 5.75 Å². The van der Waals surface area contributed by atoms with Crippen molar-refractivity contribution >= 4 is 21.6 Å². The van der Waals surface area contributed by atoms with E-state index in [0.717, 1.165) is 9.54 Å². The Labute approximate surface area is 197 Å². The third-order valence-electron chi connectivity index (χ3n) is 5.46. The van der Waals surface area contributed by atoms with E-state index in [1.165, 1.54) is 19.2 Å². The van der Waals surface area contributed by atoms with Crippen molar-refractivity contribution in [1.29, 1.82) is 5.26 Å². The summed E-state index contributed by atoms with van der Waals surface area (Å²) in [5.74, 6) is -0.284. The summed E-state index contributed by atoms with van der Waals surface area (Å²) in [6.45, 7) is 1.84. The highest BCUT2D eigenvalue weighted by Gasteiger charge is 2.33. The molecule has 2 N–H and O–H groups in total. The van der Waals surface area contributed by atoms with Crippen LogP contribution in [0.2, 0.25) is 0 Å². The molecule has 1 heterocycles. The van der Waals surface area contributed by atoms with Gasteiger partial charge in [0.25, 0.3) is 10.0 Å². The number of carbonyl (C=O) groups is 1. The number of nitriles is 1. The van der Waals surface area contributed by atoms with Gasteiger partial charge in [-0.15, -0.1) is 0 Å². The number of rotatable bonds is 6. The minimum absolute atomic E-state index is 0.0160. The molecular weight excluding hydrogens is 450 g/mol. The Bertz CT molecular complexity index is 1510. The van der Waals surface area contributed by atoms with Gasteiger partial charge in [0, 0.05) is 11.1 Å². The van der Waals surface area contributed by atoms with Crippen LogP contribution in [-0.2, 0) is 10.0 Å². The van der Waals surface area contributed by atoms with Gasteiger partial charge in [0.1, 0.15) is 23.2 Å². The molecule has 0 saturated carbocycles. The molecule has 0 radical (unpaired) electrons. The van der Waals surface area contributed by atoms with E-state index < -0.39 is 15.8 Å². The molecule has 0 bridgehead atoms. The molecule has 0 amide bonds. The van der Waals surface area contributed by atoms with Crippen LogP contribution in [0.25, 0.3) is 11.3 Å². The fourth-order valence-corrected chi connectivity index (χ4v) is 5.19. The number of nitrogens with zero attached hydrogens (tertiary/aromatic N) is 2. The Hall–Kier alpha value is -4.35. The van der Waals surface area contributed by atoms with Crippen LogP contribution in [0.3, 0.4) is 0 Å². The second kappa shape index (κ2) is 8.89. The number of aryl methyl sites for hydroxylation is 1. The number of ketones is 1. The van der Waals surface area contributed by atoms with E-state index in [4.69, 9.17) is 10.5 Å². The monoisotopic (exact) mass is 471 g/mol. The first kappa shape index (κ1) is 22.8. The van der Waals surface area contributed by atoms with Crippen molar-refractivity contribution in [2.75, 3.05) is 12.8 Å². The zero-order valence-corrected chi connectivity index (χ0v) is 19.3. The summed E-state index contributed by atoms with van der Waals surface area (Å²) in [5, 5.41) is 9.92. The normalized spacial score (nSPS) is 11.1. The first-order valence-corrected chi connectivity index (χ1v) is 11.7. The summed E-state index contributed by atoms with van der Waals surface area (Å²) in [6, 6.07) is 23.1. The summed E-state index contributed by atoms with van der Waals surface area (Å²) in [6.07, 6.45) is 0. The summed E-state index contributed by atoms with van der Waals surface area (Å²) in [4.78, 5) is 13.6. The van der Waals surface area contributed by atoms with Crippen LogP contribution in [0, 0.1) is 18.3 Å². The predicted molar refractivity (Wildman–Crippen MR) is 129 cm³/mol. The molecule has 4 aromatic rings. The molecule has 3 aromatic carbocycles. The number of benzene rings is 3. The predicted octanol–water partition coefficient (Wildman–Crippen LogP) is 4.39. The zero-order valence-electron chi connectivity index (χ0n) is 18.5. The molecule has 8 heteroatoms. The minimum Gasteiger partial charge on any atom is -0.497 e. The van der Waals surface area contributed by atoms with Crippen molar-refractivity contribution < 1.29 is 17.9 Å². The van der Waals surface area contributed by atoms with E-state index >= 15 is 0 Å². The number of nitrogens with two attached hydrogens (primary N) is 1. The number of ether oxygens (including phenoxy) is 1. The van der Waals surface area contributed by atoms with Crippen molar-refractivity contribution in [3.63, 3.8) is 0 Å². The molecule has 0 spiro atoms. The lowest BCUT2D eigenvalue weighted by Gasteiger charge is -2.14. The van der Waals surface area contributed by atoms with Gasteiger partial charge in [-0.1, -0.05) is 48.0 Å². The van der Waals surface area contributed by atoms with E-state index in [-0.39, 0.29) is 27.5 Å². The van der Waals surface area contributed by atoms with E-state index in [1.54, 1.807) is 66.7 Å². The third kappa shape index (κ3) is 3.83. The van der Waals surface area contributed by atoms with Crippen LogP contribution in [0.15, 0.2) is 83.8 Å². The van der Waals surface area contributed by atoms with Gasteiger partial charge in [0.2, 0.25) is 0 Å². The average molecular weight is 472 g/mol. The highest BCUT2D eigenvalue weighted by Crippen LogP contribution is 2.38. The lowest BCUT2D eigenvalue weighted by Crippen LogP contribution is -2.17. The number of methoxy groups -OCH3 is 1. The molecule has 0 unspecified atom stereocenters. The van der Waals surface area contributed by atoms with E-state index in [2.05, 4.69) is 0 Å². The summed E-state index contributed by atoms with van der Waals surface area (Å²) in [7, 11) is -2.74. The van der Waals surface area contributed by atoms with Gasteiger partial charge in [-0.05, 0) is 43.3 Å². The second-order valence-electron chi connectivity index (χ2n) is 7.60. The van der Waals surface area contributed by atoms with Gasteiger partial charge in [-0.25, -0.2) is 12.4 Å². The fourth-order valence-electron chi connectivity index (χ4n) is 3.71. The maximum absolute atomic E-state index is 13.8. The van der Waals surface area contributed by atoms with Gasteiger partial charge >= 0.3 is 0 Å². The minimum atomic E-state index is -4.25. The van der Waals surface area contributed by atoms with Gasteiger partial charge in [-0.2, -0.15) is 5.26 Å². The number of aromatic nitrogens is 1. The maximum atomic E-state index is 13.8. The quantitative estimate of drug-likeness (QED) is 0.417. The summed E-state index contributed by atoms with van der Waals surface area (Å²) < 4.78 is 33.6. The largest absolute Gasteiger partial charge is 0.497 e. The van der Waals surface area contributed by atoms with Crippen molar-refractivity contribution in [3.05, 3.63) is 101 Å². The van der Waals surface area contributed by atoms with E-state index in [0.29, 0.717) is 16.9 Å². The average Bonchev–Trinajstić information content (AvgIpc) is 3.17. The lowest BCUT2D eigenvalue weighted by atomic mass is 9.97. The van der Waals surface area contributed by atoms with Gasteiger partial charge in [0.05, 0.1) is 23.3 Å². The SMILES string of the molecule is COc1ccc(-c2c(C(=O)c3ccccc3)c(C#N)c(N)n2S(=O)(=O)c2ccc(C)cc2)cc1. The van der Waals surface area contributed by atoms with Gasteiger partial charge in [0.15, 0.2) is 5.78 Å². The van der Waals surface area contributed by atoms with Crippen molar-refractivity contribution in [2.45, 2.75) is 11.8 Å². The Kier molecular flexibility index (Phi) is 5.97. The topological polar surface area (TPSA) is 115 Å². The first-order chi connectivity index (χ1) is 16.3. The van der Waals surface area contributed by atoms with Crippen LogP contribution in [0.4, 0.5) is 5.82 Å². The molecule has 4 rings (SSSR count). The second-order valence-corrected chi connectivity index (χ2v) is 9.39. The molecular formula is C26H21N3O4S. The Morgan fingerprint density at radius 1 is 0.971 bits per heavy atom. The smallest absolute Gasteiger partial charge is 0.269 e. The van der Waals surface area contributed by atoms with Crippen LogP contribution < -0.4 is 10.5 Å². The number of anilines is 1. The maximum Gasteiger partial charge on any atom is 0.269 e. The molecule has 34 heavy (non-hydrogen) atoms. The highest BCUT2D eigenvalue weighted by molar-refractivity contribution is 7.90. The number of carbonyl (C=O) groups excluding carboxylic acids is 1. The standard InChI is InChI=1S/C26H21N3O4S/c1-17-8-14-21(15-9-17)34(31,32)29-24(18-10-12-20(33-2)13-11-18)23(22(16-27)26(29)28)25(30)19-6-4-3-5-7-19/h3-15H,28H2,1-2H3. The third-order valence-corrected chi connectivity index (χ3v) is 7.19. The van der Waals surface area contributed by atoms with Crippen LogP contribution >= 0.6 is 0 Å². The number of hydrogen-bond donors (Lipinski definition) is 1. The summed E-state index contributed by atoms with van der Waals surface area (Å²) in [5.41, 5.74) is 7.59. The van der Waals surface area contributed by atoms with Crippen molar-refractivity contribution in [1.82, 2.24) is 3.97 Å². The molecule has 1 aromatic heterocycles. The van der Waals surface area contributed by atoms with Crippen LogP contribution in [-0.4, -0.2) is 25.3 Å². The first-order valence-electron chi connectivity index (χ1n) is 10.3. The van der Waals surface area contributed by atoms with Crippen LogP contribution in [0.1, 0.15) is 27.0 Å².